The Bertz CT molecular complexity index is 565. The largest absolute Gasteiger partial charge is 0.467 e. The van der Waals surface area contributed by atoms with E-state index in [4.69, 9.17) is 9.25 Å². The van der Waals surface area contributed by atoms with Crippen LogP contribution in [0.25, 0.3) is 0 Å². The first-order valence-electron chi connectivity index (χ1n) is 5.94. The molecule has 0 spiro atoms. The first kappa shape index (κ1) is 13.8. The Hall–Kier alpha value is -2.63. The van der Waals surface area contributed by atoms with E-state index in [9.17, 15) is 9.18 Å². The molecule has 1 heterocycles. The summed E-state index contributed by atoms with van der Waals surface area (Å²) in [7, 11) is 0. The molecular weight excluding hydrogens is 263 g/mol. The lowest BCUT2D eigenvalue weighted by atomic mass is 10.2. The van der Waals surface area contributed by atoms with Gasteiger partial charge in [0.05, 0.1) is 19.0 Å². The number of rotatable bonds is 6. The van der Waals surface area contributed by atoms with Crippen molar-refractivity contribution in [3.05, 3.63) is 59.8 Å². The van der Waals surface area contributed by atoms with Gasteiger partial charge in [-0.05, 0) is 29.8 Å². The molecule has 0 aliphatic heterocycles. The Morgan fingerprint density at radius 2 is 2.15 bits per heavy atom. The second-order valence-corrected chi connectivity index (χ2v) is 3.92. The Balaban J connectivity index is 1.67. The highest BCUT2D eigenvalue weighted by Gasteiger charge is 2.02. The molecular formula is C14H13FN2O3. The topological polar surface area (TPSA) is 63.8 Å². The first-order valence-corrected chi connectivity index (χ1v) is 5.94. The lowest BCUT2D eigenvalue weighted by Gasteiger charge is -2.01. The molecule has 5 nitrogen and oxygen atoms in total. The van der Waals surface area contributed by atoms with Gasteiger partial charge in [-0.25, -0.2) is 4.39 Å². The van der Waals surface area contributed by atoms with Gasteiger partial charge in [0.25, 0.3) is 5.91 Å². The quantitative estimate of drug-likeness (QED) is 0.649. The third kappa shape index (κ3) is 4.56. The molecule has 0 radical (unpaired) electrons. The van der Waals surface area contributed by atoms with Crippen LogP contribution in [0.15, 0.2) is 52.2 Å². The van der Waals surface area contributed by atoms with Crippen LogP contribution in [0.1, 0.15) is 11.3 Å². The van der Waals surface area contributed by atoms with Gasteiger partial charge < -0.3 is 14.6 Å². The summed E-state index contributed by atoms with van der Waals surface area (Å²) in [6.45, 7) is 0.106. The van der Waals surface area contributed by atoms with Gasteiger partial charge >= 0.3 is 0 Å². The van der Waals surface area contributed by atoms with Gasteiger partial charge in [0.2, 0.25) is 0 Å². The summed E-state index contributed by atoms with van der Waals surface area (Å²) >= 11 is 0. The van der Waals surface area contributed by atoms with E-state index in [0.29, 0.717) is 17.9 Å². The number of carbonyl (C=O) groups is 1. The van der Waals surface area contributed by atoms with Crippen molar-refractivity contribution in [1.29, 1.82) is 0 Å². The molecule has 104 valence electrons. The maximum Gasteiger partial charge on any atom is 0.261 e. The summed E-state index contributed by atoms with van der Waals surface area (Å²) in [5, 5.41) is 6.23. The fraction of sp³-hybridized carbons (Fsp3) is 0.143. The number of carbonyl (C=O) groups excluding carboxylic acids is 1. The standard InChI is InChI=1S/C14H13FN2O3/c15-12-5-3-11(4-6-12)8-17-20-10-14(18)16-9-13-2-1-7-19-13/h1-8H,9-10H2,(H,16,18)/b17-8+. The van der Waals surface area contributed by atoms with Crippen LogP contribution in [-0.4, -0.2) is 18.7 Å². The van der Waals surface area contributed by atoms with Crippen LogP contribution < -0.4 is 5.32 Å². The van der Waals surface area contributed by atoms with Crippen molar-refractivity contribution in [2.75, 3.05) is 6.61 Å². The van der Waals surface area contributed by atoms with E-state index in [1.165, 1.54) is 24.6 Å². The SMILES string of the molecule is O=C(CO/N=C/c1ccc(F)cc1)NCc1ccco1. The molecule has 0 atom stereocenters. The molecule has 0 saturated heterocycles. The fourth-order valence-electron chi connectivity index (χ4n) is 1.39. The molecule has 1 amide bonds. The number of hydrogen-bond acceptors (Lipinski definition) is 4. The number of nitrogens with one attached hydrogen (secondary N) is 1. The van der Waals surface area contributed by atoms with Gasteiger partial charge in [0.1, 0.15) is 11.6 Å². The molecule has 2 aromatic rings. The Kier molecular flexibility index (Phi) is 4.88. The molecule has 6 heteroatoms. The van der Waals surface area contributed by atoms with E-state index in [1.54, 1.807) is 24.3 Å². The highest BCUT2D eigenvalue weighted by molar-refractivity contribution is 5.79. The van der Waals surface area contributed by atoms with Crippen molar-refractivity contribution in [2.24, 2.45) is 5.16 Å². The minimum atomic E-state index is -0.319. The van der Waals surface area contributed by atoms with Crippen LogP contribution in [0.5, 0.6) is 0 Å². The van der Waals surface area contributed by atoms with Gasteiger partial charge in [0, 0.05) is 0 Å². The zero-order chi connectivity index (χ0) is 14.2. The van der Waals surface area contributed by atoms with Crippen molar-refractivity contribution in [2.45, 2.75) is 6.54 Å². The average molecular weight is 276 g/mol. The second-order valence-electron chi connectivity index (χ2n) is 3.92. The van der Waals surface area contributed by atoms with Crippen LogP contribution in [0.3, 0.4) is 0 Å². The lowest BCUT2D eigenvalue weighted by Crippen LogP contribution is -2.26. The summed E-state index contributed by atoms with van der Waals surface area (Å²) in [6, 6.07) is 9.24. The molecule has 2 rings (SSSR count). The Morgan fingerprint density at radius 1 is 1.35 bits per heavy atom. The summed E-state index contributed by atoms with van der Waals surface area (Å²) in [5.41, 5.74) is 0.683. The number of oxime groups is 1. The van der Waals surface area contributed by atoms with Gasteiger partial charge in [-0.3, -0.25) is 4.79 Å². The highest BCUT2D eigenvalue weighted by Crippen LogP contribution is 2.00. The molecule has 1 aromatic carbocycles. The fourth-order valence-corrected chi connectivity index (χ4v) is 1.39. The van der Waals surface area contributed by atoms with E-state index in [-0.39, 0.29) is 18.3 Å². The van der Waals surface area contributed by atoms with E-state index in [1.807, 2.05) is 0 Å². The molecule has 1 N–H and O–H groups in total. The number of nitrogens with zero attached hydrogens (tertiary/aromatic N) is 1. The van der Waals surface area contributed by atoms with Crippen molar-refractivity contribution in [3.63, 3.8) is 0 Å². The number of halogens is 1. The molecule has 0 aliphatic rings. The third-order valence-corrected chi connectivity index (χ3v) is 2.38. The summed E-state index contributed by atoms with van der Waals surface area (Å²) in [4.78, 5) is 16.2. The van der Waals surface area contributed by atoms with Crippen molar-refractivity contribution in [1.82, 2.24) is 5.32 Å². The molecule has 0 unspecified atom stereocenters. The van der Waals surface area contributed by atoms with Crippen molar-refractivity contribution >= 4 is 12.1 Å². The predicted molar refractivity (Wildman–Crippen MR) is 70.5 cm³/mol. The molecule has 0 bridgehead atoms. The second kappa shape index (κ2) is 7.08. The van der Waals surface area contributed by atoms with E-state index in [0.717, 1.165) is 0 Å². The number of benzene rings is 1. The summed E-state index contributed by atoms with van der Waals surface area (Å²) in [5.74, 6) is 0.0335. The van der Waals surface area contributed by atoms with Crippen LogP contribution in [0.4, 0.5) is 4.39 Å². The minimum absolute atomic E-state index is 0.196. The predicted octanol–water partition coefficient (Wildman–Crippen LogP) is 2.09. The highest BCUT2D eigenvalue weighted by atomic mass is 19.1. The molecule has 0 saturated carbocycles. The van der Waals surface area contributed by atoms with E-state index in [2.05, 4.69) is 10.5 Å². The zero-order valence-electron chi connectivity index (χ0n) is 10.6. The molecule has 1 aromatic heterocycles. The van der Waals surface area contributed by atoms with Gasteiger partial charge in [0.15, 0.2) is 6.61 Å². The summed E-state index contributed by atoms with van der Waals surface area (Å²) in [6.07, 6.45) is 2.93. The number of hydrogen-bond donors (Lipinski definition) is 1. The molecule has 20 heavy (non-hydrogen) atoms. The van der Waals surface area contributed by atoms with Crippen LogP contribution in [0, 0.1) is 5.82 Å². The molecule has 0 fully saturated rings. The van der Waals surface area contributed by atoms with Crippen molar-refractivity contribution < 1.29 is 18.4 Å². The van der Waals surface area contributed by atoms with Gasteiger partial charge in [-0.2, -0.15) is 0 Å². The maximum absolute atomic E-state index is 12.6. The monoisotopic (exact) mass is 276 g/mol. The minimum Gasteiger partial charge on any atom is -0.467 e. The van der Waals surface area contributed by atoms with E-state index < -0.39 is 0 Å². The number of amides is 1. The summed E-state index contributed by atoms with van der Waals surface area (Å²) < 4.78 is 17.7. The first-order chi connectivity index (χ1) is 9.74. The van der Waals surface area contributed by atoms with Gasteiger partial charge in [-0.15, -0.1) is 0 Å². The van der Waals surface area contributed by atoms with Crippen LogP contribution in [-0.2, 0) is 16.2 Å². The smallest absolute Gasteiger partial charge is 0.261 e. The van der Waals surface area contributed by atoms with Gasteiger partial charge in [-0.1, -0.05) is 17.3 Å². The van der Waals surface area contributed by atoms with Crippen LogP contribution >= 0.6 is 0 Å². The normalized spacial score (nSPS) is 10.7. The maximum atomic E-state index is 12.6. The number of furan rings is 1. The lowest BCUT2D eigenvalue weighted by molar-refractivity contribution is -0.125. The van der Waals surface area contributed by atoms with E-state index >= 15 is 0 Å². The average Bonchev–Trinajstić information content (AvgIpc) is 2.96. The molecule has 0 aliphatic carbocycles. The Labute approximate surface area is 115 Å². The third-order valence-electron chi connectivity index (χ3n) is 2.38. The van der Waals surface area contributed by atoms with Crippen LogP contribution in [0.2, 0.25) is 0 Å². The zero-order valence-corrected chi connectivity index (χ0v) is 10.6. The van der Waals surface area contributed by atoms with Crippen molar-refractivity contribution in [3.8, 4) is 0 Å². The Morgan fingerprint density at radius 3 is 2.85 bits per heavy atom.